The molecular formula is C16H10N2. The van der Waals surface area contributed by atoms with Gasteiger partial charge in [-0.3, -0.25) is 0 Å². The third kappa shape index (κ3) is 2.13. The Morgan fingerprint density at radius 3 is 1.67 bits per heavy atom. The van der Waals surface area contributed by atoms with E-state index in [0.717, 1.165) is 16.7 Å². The smallest absolute Gasteiger partial charge is 0.160 e. The molecule has 0 fully saturated rings. The fraction of sp³-hybridized carbons (Fsp3) is 0. The van der Waals surface area contributed by atoms with Crippen LogP contribution in [0.25, 0.3) is 22.5 Å². The molecule has 0 spiro atoms. The van der Waals surface area contributed by atoms with Crippen molar-refractivity contribution < 1.29 is 0 Å². The third-order valence-corrected chi connectivity index (χ3v) is 2.64. The van der Waals surface area contributed by atoms with Crippen LogP contribution in [0.2, 0.25) is 0 Å². The summed E-state index contributed by atoms with van der Waals surface area (Å²) in [5.41, 5.74) is 2.79. The molecule has 0 amide bonds. The van der Waals surface area contributed by atoms with Crippen LogP contribution in [0.15, 0.2) is 60.7 Å². The van der Waals surface area contributed by atoms with Gasteiger partial charge in [-0.25, -0.2) is 9.97 Å². The molecule has 3 rings (SSSR count). The number of hydrogen-bond acceptors (Lipinski definition) is 2. The first kappa shape index (κ1) is 10.7. The molecule has 0 N–H and O–H groups in total. The fourth-order valence-electron chi connectivity index (χ4n) is 1.72. The van der Waals surface area contributed by atoms with Gasteiger partial charge in [0.15, 0.2) is 5.82 Å². The molecule has 1 aromatic heterocycles. The lowest BCUT2D eigenvalue weighted by molar-refractivity contribution is 1.16. The zero-order valence-corrected chi connectivity index (χ0v) is 9.67. The summed E-state index contributed by atoms with van der Waals surface area (Å²) in [6.07, 6.45) is 5.97. The fourth-order valence-corrected chi connectivity index (χ4v) is 1.72. The Morgan fingerprint density at radius 1 is 0.611 bits per heavy atom. The number of rotatable bonds is 2. The molecule has 2 radical (unpaired) electrons. The molecule has 2 heteroatoms. The second-order valence-corrected chi connectivity index (χ2v) is 3.88. The predicted octanol–water partition coefficient (Wildman–Crippen LogP) is 3.41. The monoisotopic (exact) mass is 230 g/mol. The van der Waals surface area contributed by atoms with Crippen molar-refractivity contribution in [1.82, 2.24) is 9.97 Å². The highest BCUT2D eigenvalue weighted by Crippen LogP contribution is 2.18. The highest BCUT2D eigenvalue weighted by molar-refractivity contribution is 5.62. The summed E-state index contributed by atoms with van der Waals surface area (Å²) in [7, 11) is 0. The highest BCUT2D eigenvalue weighted by atomic mass is 14.9. The van der Waals surface area contributed by atoms with Crippen LogP contribution in [-0.2, 0) is 0 Å². The van der Waals surface area contributed by atoms with Gasteiger partial charge in [-0.1, -0.05) is 60.7 Å². The van der Waals surface area contributed by atoms with Gasteiger partial charge in [0, 0.05) is 11.1 Å². The van der Waals surface area contributed by atoms with E-state index in [0.29, 0.717) is 5.82 Å². The van der Waals surface area contributed by atoms with Gasteiger partial charge in [0.25, 0.3) is 0 Å². The maximum absolute atomic E-state index is 4.26. The van der Waals surface area contributed by atoms with Gasteiger partial charge in [0.05, 0.1) is 0 Å². The first-order valence-corrected chi connectivity index (χ1v) is 5.72. The van der Waals surface area contributed by atoms with E-state index in [1.165, 1.54) is 0 Å². The lowest BCUT2D eigenvalue weighted by Gasteiger charge is -2.01. The molecule has 18 heavy (non-hydrogen) atoms. The molecule has 2 aromatic carbocycles. The molecule has 2 nitrogen and oxygen atoms in total. The number of benzene rings is 2. The minimum atomic E-state index is 0.648. The van der Waals surface area contributed by atoms with Crippen molar-refractivity contribution >= 4 is 0 Å². The van der Waals surface area contributed by atoms with Gasteiger partial charge in [0.1, 0.15) is 12.4 Å². The lowest BCUT2D eigenvalue weighted by Crippen LogP contribution is -1.90. The number of nitrogens with zero attached hydrogens (tertiary/aromatic N) is 2. The van der Waals surface area contributed by atoms with E-state index in [2.05, 4.69) is 22.4 Å². The molecule has 0 saturated carbocycles. The minimum absolute atomic E-state index is 0.648. The van der Waals surface area contributed by atoms with Crippen molar-refractivity contribution in [1.29, 1.82) is 0 Å². The van der Waals surface area contributed by atoms with E-state index in [1.807, 2.05) is 60.7 Å². The molecule has 3 aromatic rings. The summed E-state index contributed by atoms with van der Waals surface area (Å²) in [6, 6.07) is 19.7. The summed E-state index contributed by atoms with van der Waals surface area (Å²) in [4.78, 5) is 8.52. The van der Waals surface area contributed by atoms with Gasteiger partial charge < -0.3 is 0 Å². The second-order valence-electron chi connectivity index (χ2n) is 3.88. The average Bonchev–Trinajstić information content (AvgIpc) is 2.49. The Kier molecular flexibility index (Phi) is 2.84. The molecule has 1 heterocycles. The first-order valence-electron chi connectivity index (χ1n) is 5.72. The standard InChI is InChI=1S/C16H10N2/c1-3-7-13(8-4-1)15-11-17-16(18-12-15)14-9-5-2-6-10-14/h1-10H. The van der Waals surface area contributed by atoms with E-state index in [1.54, 1.807) is 0 Å². The van der Waals surface area contributed by atoms with E-state index < -0.39 is 0 Å². The van der Waals surface area contributed by atoms with E-state index in [-0.39, 0.29) is 0 Å². The largest absolute Gasteiger partial charge is 0.226 e. The second kappa shape index (κ2) is 4.80. The van der Waals surface area contributed by atoms with Crippen molar-refractivity contribution in [2.45, 2.75) is 0 Å². The summed E-state index contributed by atoms with van der Waals surface area (Å²) >= 11 is 0. The summed E-state index contributed by atoms with van der Waals surface area (Å²) in [5.74, 6) is 0.648. The molecule has 84 valence electrons. The Labute approximate surface area is 106 Å². The van der Waals surface area contributed by atoms with Crippen LogP contribution in [0.5, 0.6) is 0 Å². The molecule has 0 aliphatic heterocycles. The van der Waals surface area contributed by atoms with Crippen LogP contribution in [0.4, 0.5) is 0 Å². The van der Waals surface area contributed by atoms with Crippen LogP contribution < -0.4 is 0 Å². The van der Waals surface area contributed by atoms with Crippen LogP contribution in [0.1, 0.15) is 0 Å². The van der Waals surface area contributed by atoms with Gasteiger partial charge in [0.2, 0.25) is 0 Å². The van der Waals surface area contributed by atoms with Crippen molar-refractivity contribution in [3.05, 3.63) is 73.1 Å². The Balaban J connectivity index is 1.95. The first-order chi connectivity index (χ1) is 8.93. The van der Waals surface area contributed by atoms with Gasteiger partial charge in [-0.15, -0.1) is 0 Å². The third-order valence-electron chi connectivity index (χ3n) is 2.64. The Hall–Kier alpha value is -2.48. The summed E-state index contributed by atoms with van der Waals surface area (Å²) < 4.78 is 0. The van der Waals surface area contributed by atoms with Crippen LogP contribution in [-0.4, -0.2) is 9.97 Å². The number of aromatic nitrogens is 2. The maximum Gasteiger partial charge on any atom is 0.160 e. The van der Waals surface area contributed by atoms with Crippen LogP contribution in [0.3, 0.4) is 0 Å². The minimum Gasteiger partial charge on any atom is -0.226 e. The summed E-state index contributed by atoms with van der Waals surface area (Å²) in [6.45, 7) is 0. The van der Waals surface area contributed by atoms with Crippen molar-refractivity contribution in [3.63, 3.8) is 0 Å². The Bertz CT molecular complexity index is 558. The maximum atomic E-state index is 4.26. The summed E-state index contributed by atoms with van der Waals surface area (Å²) in [5, 5.41) is 0. The SMILES string of the molecule is [c]1nc(-c2ccccc2)n[c]c1-c1ccccc1. The molecule has 0 aliphatic rings. The quantitative estimate of drug-likeness (QED) is 0.674. The predicted molar refractivity (Wildman–Crippen MR) is 70.6 cm³/mol. The van der Waals surface area contributed by atoms with Gasteiger partial charge >= 0.3 is 0 Å². The molecule has 0 bridgehead atoms. The Morgan fingerprint density at radius 2 is 1.11 bits per heavy atom. The highest BCUT2D eigenvalue weighted by Gasteiger charge is 2.03. The zero-order chi connectivity index (χ0) is 12.2. The lowest BCUT2D eigenvalue weighted by atomic mass is 10.1. The van der Waals surface area contributed by atoms with Crippen molar-refractivity contribution in [2.24, 2.45) is 0 Å². The van der Waals surface area contributed by atoms with Gasteiger partial charge in [-0.2, -0.15) is 0 Å². The zero-order valence-electron chi connectivity index (χ0n) is 9.67. The van der Waals surface area contributed by atoms with Crippen LogP contribution in [0, 0.1) is 12.4 Å². The number of hydrogen-bond donors (Lipinski definition) is 0. The molecular weight excluding hydrogens is 220 g/mol. The molecule has 0 atom stereocenters. The van der Waals surface area contributed by atoms with Crippen LogP contribution >= 0.6 is 0 Å². The van der Waals surface area contributed by atoms with E-state index in [9.17, 15) is 0 Å². The van der Waals surface area contributed by atoms with Gasteiger partial charge in [-0.05, 0) is 5.56 Å². The molecule has 0 aliphatic carbocycles. The van der Waals surface area contributed by atoms with E-state index >= 15 is 0 Å². The topological polar surface area (TPSA) is 25.8 Å². The van der Waals surface area contributed by atoms with E-state index in [4.69, 9.17) is 0 Å². The average molecular weight is 230 g/mol. The molecule has 0 saturated heterocycles. The van der Waals surface area contributed by atoms with Crippen molar-refractivity contribution in [3.8, 4) is 22.5 Å². The van der Waals surface area contributed by atoms with Crippen molar-refractivity contribution in [2.75, 3.05) is 0 Å². The molecule has 0 unspecified atom stereocenters. The normalized spacial score (nSPS) is 10.2.